The van der Waals surface area contributed by atoms with E-state index in [1.807, 2.05) is 30.3 Å². The van der Waals surface area contributed by atoms with Crippen molar-refractivity contribution < 1.29 is 14.0 Å². The lowest BCUT2D eigenvalue weighted by molar-refractivity contribution is -0.125. The minimum Gasteiger partial charge on any atom is -0.460 e. The maximum absolute atomic E-state index is 11.5. The highest BCUT2D eigenvalue weighted by molar-refractivity contribution is 6.06. The predicted molar refractivity (Wildman–Crippen MR) is 56.7 cm³/mol. The van der Waals surface area contributed by atoms with Crippen LogP contribution < -0.4 is 5.32 Å². The molecule has 1 aromatic carbocycles. The summed E-state index contributed by atoms with van der Waals surface area (Å²) in [7, 11) is 0. The molecule has 0 spiro atoms. The number of para-hydroxylation sites is 1. The van der Waals surface area contributed by atoms with Gasteiger partial charge in [0.15, 0.2) is 0 Å². The van der Waals surface area contributed by atoms with Gasteiger partial charge in [-0.05, 0) is 12.1 Å². The quantitative estimate of drug-likeness (QED) is 0.734. The fourth-order valence-corrected chi connectivity index (χ4v) is 1.96. The molecular weight excluding hydrogens is 206 g/mol. The van der Waals surface area contributed by atoms with Crippen LogP contribution in [0.25, 0.3) is 11.0 Å². The van der Waals surface area contributed by atoms with Crippen molar-refractivity contribution >= 4 is 22.8 Å². The fraction of sp³-hybridized carbons (Fsp3) is 0.167. The van der Waals surface area contributed by atoms with Gasteiger partial charge in [-0.25, -0.2) is 0 Å². The van der Waals surface area contributed by atoms with Crippen molar-refractivity contribution in [2.24, 2.45) is 0 Å². The van der Waals surface area contributed by atoms with Crippen molar-refractivity contribution in [2.45, 2.75) is 12.3 Å². The van der Waals surface area contributed by atoms with E-state index in [1.165, 1.54) is 0 Å². The van der Waals surface area contributed by atoms with E-state index in [1.54, 1.807) is 0 Å². The number of fused-ring (bicyclic) bond motifs is 1. The van der Waals surface area contributed by atoms with Gasteiger partial charge in [0, 0.05) is 11.8 Å². The summed E-state index contributed by atoms with van der Waals surface area (Å²) in [6.45, 7) is 0. The van der Waals surface area contributed by atoms with E-state index in [9.17, 15) is 9.59 Å². The van der Waals surface area contributed by atoms with Crippen LogP contribution in [-0.4, -0.2) is 11.8 Å². The van der Waals surface area contributed by atoms with Crippen LogP contribution in [-0.2, 0) is 9.59 Å². The first-order valence-electron chi connectivity index (χ1n) is 5.06. The van der Waals surface area contributed by atoms with Gasteiger partial charge in [-0.2, -0.15) is 0 Å². The van der Waals surface area contributed by atoms with Crippen molar-refractivity contribution in [3.05, 3.63) is 36.1 Å². The van der Waals surface area contributed by atoms with Gasteiger partial charge < -0.3 is 4.42 Å². The first kappa shape index (κ1) is 9.15. The molecule has 0 radical (unpaired) electrons. The van der Waals surface area contributed by atoms with Crippen LogP contribution in [0.1, 0.15) is 18.1 Å². The Labute approximate surface area is 91.2 Å². The normalized spacial score (nSPS) is 20.4. The largest absolute Gasteiger partial charge is 0.460 e. The van der Waals surface area contributed by atoms with Crippen LogP contribution in [0.3, 0.4) is 0 Å². The molecule has 1 unspecified atom stereocenters. The smallest absolute Gasteiger partial charge is 0.237 e. The zero-order valence-corrected chi connectivity index (χ0v) is 8.40. The van der Waals surface area contributed by atoms with Gasteiger partial charge in [0.1, 0.15) is 17.3 Å². The van der Waals surface area contributed by atoms with E-state index >= 15 is 0 Å². The molecule has 1 fully saturated rings. The number of imide groups is 1. The number of amides is 2. The van der Waals surface area contributed by atoms with E-state index < -0.39 is 5.92 Å². The highest BCUT2D eigenvalue weighted by Crippen LogP contribution is 2.29. The lowest BCUT2D eigenvalue weighted by Gasteiger charge is -1.99. The summed E-state index contributed by atoms with van der Waals surface area (Å²) in [4.78, 5) is 22.5. The van der Waals surface area contributed by atoms with Crippen molar-refractivity contribution in [1.82, 2.24) is 5.32 Å². The molecule has 1 saturated heterocycles. The molecule has 2 amide bonds. The molecule has 0 aliphatic carbocycles. The van der Waals surface area contributed by atoms with Crippen LogP contribution >= 0.6 is 0 Å². The molecule has 0 saturated carbocycles. The van der Waals surface area contributed by atoms with Crippen LogP contribution in [0.2, 0.25) is 0 Å². The van der Waals surface area contributed by atoms with E-state index in [0.717, 1.165) is 11.0 Å². The summed E-state index contributed by atoms with van der Waals surface area (Å²) in [5.41, 5.74) is 0.740. The molecule has 2 heterocycles. The number of benzene rings is 1. The Kier molecular flexibility index (Phi) is 1.83. The Hall–Kier alpha value is -2.10. The highest BCUT2D eigenvalue weighted by atomic mass is 16.3. The molecule has 3 rings (SSSR count). The molecule has 1 aliphatic heterocycles. The number of carbonyl (C=O) groups excluding carboxylic acids is 2. The summed E-state index contributed by atoms with van der Waals surface area (Å²) in [5.74, 6) is -0.427. The number of furan rings is 1. The summed E-state index contributed by atoms with van der Waals surface area (Å²) < 4.78 is 5.56. The lowest BCUT2D eigenvalue weighted by atomic mass is 10.1. The number of nitrogens with one attached hydrogen (secondary N) is 1. The van der Waals surface area contributed by atoms with E-state index in [-0.39, 0.29) is 18.2 Å². The predicted octanol–water partition coefficient (Wildman–Crippen LogP) is 1.56. The number of carbonyl (C=O) groups is 2. The van der Waals surface area contributed by atoms with Crippen LogP contribution in [0, 0.1) is 0 Å². The standard InChI is InChI=1S/C12H9NO3/c14-11-6-8(12(15)13-11)10-5-7-3-1-2-4-9(7)16-10/h1-5,8H,6H2,(H,13,14,15). The minimum absolute atomic E-state index is 0.179. The lowest BCUT2D eigenvalue weighted by Crippen LogP contribution is -2.21. The number of rotatable bonds is 1. The average Bonchev–Trinajstić information content (AvgIpc) is 2.81. The van der Waals surface area contributed by atoms with E-state index in [4.69, 9.17) is 4.42 Å². The summed E-state index contributed by atoms with van der Waals surface area (Å²) >= 11 is 0. The number of hydrogen-bond donors (Lipinski definition) is 1. The Morgan fingerprint density at radius 2 is 2.06 bits per heavy atom. The van der Waals surface area contributed by atoms with Crippen LogP contribution in [0.15, 0.2) is 34.7 Å². The molecule has 2 aromatic rings. The molecule has 1 aromatic heterocycles. The first-order valence-corrected chi connectivity index (χ1v) is 5.06. The molecule has 4 nitrogen and oxygen atoms in total. The monoisotopic (exact) mass is 215 g/mol. The average molecular weight is 215 g/mol. The second-order valence-electron chi connectivity index (χ2n) is 3.86. The van der Waals surface area contributed by atoms with Gasteiger partial charge in [-0.1, -0.05) is 18.2 Å². The maximum Gasteiger partial charge on any atom is 0.237 e. The number of hydrogen-bond acceptors (Lipinski definition) is 3. The van der Waals surface area contributed by atoms with Gasteiger partial charge >= 0.3 is 0 Å². The van der Waals surface area contributed by atoms with Gasteiger partial charge in [-0.15, -0.1) is 0 Å². The molecule has 1 aliphatic rings. The Morgan fingerprint density at radius 3 is 2.75 bits per heavy atom. The van der Waals surface area contributed by atoms with Gasteiger partial charge in [0.25, 0.3) is 0 Å². The van der Waals surface area contributed by atoms with Crippen LogP contribution in [0.4, 0.5) is 0 Å². The van der Waals surface area contributed by atoms with Gasteiger partial charge in [-0.3, -0.25) is 14.9 Å². The first-order chi connectivity index (χ1) is 7.74. The topological polar surface area (TPSA) is 59.3 Å². The Balaban J connectivity index is 2.06. The third-order valence-electron chi connectivity index (χ3n) is 2.76. The molecule has 1 atom stereocenters. The fourth-order valence-electron chi connectivity index (χ4n) is 1.96. The summed E-state index contributed by atoms with van der Waals surface area (Å²) in [5, 5.41) is 3.22. The SMILES string of the molecule is O=C1CC(c2cc3ccccc3o2)C(=O)N1. The molecule has 4 heteroatoms. The molecule has 0 bridgehead atoms. The minimum atomic E-state index is -0.472. The van der Waals surface area contributed by atoms with Gasteiger partial charge in [0.05, 0.1) is 0 Å². The van der Waals surface area contributed by atoms with Crippen molar-refractivity contribution in [3.63, 3.8) is 0 Å². The van der Waals surface area contributed by atoms with E-state index in [0.29, 0.717) is 5.76 Å². The summed E-state index contributed by atoms with van der Waals surface area (Å²) in [6, 6.07) is 9.35. The van der Waals surface area contributed by atoms with E-state index in [2.05, 4.69) is 5.32 Å². The molecule has 80 valence electrons. The molecule has 16 heavy (non-hydrogen) atoms. The molecular formula is C12H9NO3. The third kappa shape index (κ3) is 1.31. The zero-order chi connectivity index (χ0) is 11.1. The van der Waals surface area contributed by atoms with Crippen molar-refractivity contribution in [2.75, 3.05) is 0 Å². The van der Waals surface area contributed by atoms with Crippen molar-refractivity contribution in [3.8, 4) is 0 Å². The second-order valence-corrected chi connectivity index (χ2v) is 3.86. The highest BCUT2D eigenvalue weighted by Gasteiger charge is 2.34. The van der Waals surface area contributed by atoms with Crippen LogP contribution in [0.5, 0.6) is 0 Å². The zero-order valence-electron chi connectivity index (χ0n) is 8.40. The van der Waals surface area contributed by atoms with Gasteiger partial charge in [0.2, 0.25) is 11.8 Å². The molecule has 1 N–H and O–H groups in total. The third-order valence-corrected chi connectivity index (χ3v) is 2.76. The Morgan fingerprint density at radius 1 is 1.25 bits per heavy atom. The second kappa shape index (κ2) is 3.20. The maximum atomic E-state index is 11.5. The van der Waals surface area contributed by atoms with Crippen molar-refractivity contribution in [1.29, 1.82) is 0 Å². The Bertz CT molecular complexity index is 552. The summed E-state index contributed by atoms with van der Waals surface area (Å²) in [6.07, 6.45) is 0.179.